The third kappa shape index (κ3) is 4.56. The number of halogens is 3. The summed E-state index contributed by atoms with van der Waals surface area (Å²) in [6.45, 7) is 5.34. The van der Waals surface area contributed by atoms with Gasteiger partial charge in [-0.15, -0.1) is 13.2 Å². The number of ether oxygens (including phenoxy) is 1. The van der Waals surface area contributed by atoms with Gasteiger partial charge in [0.1, 0.15) is 11.6 Å². The highest BCUT2D eigenvalue weighted by molar-refractivity contribution is 5.48. The SMILES string of the molecule is CC[C@@H](C)Nc1nccc(N2CCc3ccc(OC(F)(F)F)cc3C2)n1. The average Bonchev–Trinajstić information content (AvgIpc) is 2.60. The maximum Gasteiger partial charge on any atom is 0.573 e. The summed E-state index contributed by atoms with van der Waals surface area (Å²) in [6, 6.07) is 6.58. The molecule has 0 aliphatic carbocycles. The Morgan fingerprint density at radius 2 is 2.08 bits per heavy atom. The van der Waals surface area contributed by atoms with E-state index in [9.17, 15) is 13.2 Å². The second-order valence-corrected chi connectivity index (χ2v) is 6.34. The van der Waals surface area contributed by atoms with E-state index in [0.29, 0.717) is 12.5 Å². The Morgan fingerprint density at radius 1 is 1.27 bits per heavy atom. The van der Waals surface area contributed by atoms with Gasteiger partial charge in [0.2, 0.25) is 5.95 Å². The van der Waals surface area contributed by atoms with Crippen molar-refractivity contribution in [3.8, 4) is 5.75 Å². The normalized spacial score (nSPS) is 15.3. The molecule has 2 heterocycles. The third-order valence-corrected chi connectivity index (χ3v) is 4.38. The number of hydrogen-bond acceptors (Lipinski definition) is 5. The van der Waals surface area contributed by atoms with Crippen LogP contribution in [0.25, 0.3) is 0 Å². The summed E-state index contributed by atoms with van der Waals surface area (Å²) in [7, 11) is 0. The van der Waals surface area contributed by atoms with Gasteiger partial charge in [0.05, 0.1) is 0 Å². The molecule has 0 spiro atoms. The van der Waals surface area contributed by atoms with Gasteiger partial charge in [0.25, 0.3) is 0 Å². The van der Waals surface area contributed by atoms with E-state index >= 15 is 0 Å². The highest BCUT2D eigenvalue weighted by Crippen LogP contribution is 2.29. The first kappa shape index (κ1) is 18.3. The van der Waals surface area contributed by atoms with Gasteiger partial charge in [0, 0.05) is 25.3 Å². The van der Waals surface area contributed by atoms with Crippen molar-refractivity contribution in [3.63, 3.8) is 0 Å². The predicted molar refractivity (Wildman–Crippen MR) is 93.3 cm³/mol. The van der Waals surface area contributed by atoms with Crippen molar-refractivity contribution >= 4 is 11.8 Å². The lowest BCUT2D eigenvalue weighted by Gasteiger charge is -2.30. The van der Waals surface area contributed by atoms with E-state index < -0.39 is 6.36 Å². The van der Waals surface area contributed by atoms with E-state index in [1.165, 1.54) is 12.1 Å². The maximum atomic E-state index is 12.4. The predicted octanol–water partition coefficient (Wildman–Crippen LogP) is 4.15. The monoisotopic (exact) mass is 366 g/mol. The fourth-order valence-corrected chi connectivity index (χ4v) is 2.84. The van der Waals surface area contributed by atoms with E-state index in [-0.39, 0.29) is 11.8 Å². The number of anilines is 2. The van der Waals surface area contributed by atoms with Crippen molar-refractivity contribution in [2.24, 2.45) is 0 Å². The number of benzene rings is 1. The molecule has 1 atom stereocenters. The van der Waals surface area contributed by atoms with Gasteiger partial charge in [-0.3, -0.25) is 0 Å². The van der Waals surface area contributed by atoms with Crippen LogP contribution in [0.3, 0.4) is 0 Å². The van der Waals surface area contributed by atoms with Gasteiger partial charge in [-0.1, -0.05) is 13.0 Å². The molecule has 8 heteroatoms. The molecule has 1 aromatic carbocycles. The van der Waals surface area contributed by atoms with Crippen LogP contribution >= 0.6 is 0 Å². The molecule has 0 unspecified atom stereocenters. The van der Waals surface area contributed by atoms with Crippen LogP contribution in [0.2, 0.25) is 0 Å². The van der Waals surface area contributed by atoms with Crippen LogP contribution in [-0.4, -0.2) is 28.9 Å². The van der Waals surface area contributed by atoms with Gasteiger partial charge >= 0.3 is 6.36 Å². The summed E-state index contributed by atoms with van der Waals surface area (Å²) in [5, 5.41) is 3.23. The summed E-state index contributed by atoms with van der Waals surface area (Å²) in [6.07, 6.45) is -1.32. The van der Waals surface area contributed by atoms with Crippen LogP contribution in [0, 0.1) is 0 Å². The number of rotatable bonds is 5. The van der Waals surface area contributed by atoms with Gasteiger partial charge in [0.15, 0.2) is 0 Å². The Kier molecular flexibility index (Phi) is 5.20. The summed E-state index contributed by atoms with van der Waals surface area (Å²) in [5.74, 6) is 1.11. The Labute approximate surface area is 150 Å². The highest BCUT2D eigenvalue weighted by Gasteiger charge is 2.31. The number of hydrogen-bond donors (Lipinski definition) is 1. The standard InChI is InChI=1S/C18H21F3N4O/c1-3-12(2)23-17-22-8-6-16(24-17)25-9-7-13-4-5-15(10-14(13)11-25)26-18(19,20)21/h4-6,8,10,12H,3,7,9,11H2,1-2H3,(H,22,23,24)/t12-/m1/s1. The van der Waals surface area contributed by atoms with Crippen molar-refractivity contribution in [2.45, 2.75) is 45.6 Å². The smallest absolute Gasteiger partial charge is 0.406 e. The van der Waals surface area contributed by atoms with Crippen molar-refractivity contribution in [1.82, 2.24) is 9.97 Å². The Morgan fingerprint density at radius 3 is 2.81 bits per heavy atom. The molecule has 1 aliphatic rings. The zero-order chi connectivity index (χ0) is 18.7. The minimum atomic E-state index is -4.69. The van der Waals surface area contributed by atoms with E-state index in [2.05, 4.69) is 33.9 Å². The molecule has 26 heavy (non-hydrogen) atoms. The van der Waals surface area contributed by atoms with Crippen LogP contribution in [0.15, 0.2) is 30.5 Å². The van der Waals surface area contributed by atoms with Gasteiger partial charge in [-0.25, -0.2) is 4.98 Å². The Bertz CT molecular complexity index is 766. The van der Waals surface area contributed by atoms with Crippen LogP contribution < -0.4 is 15.0 Å². The zero-order valence-electron chi connectivity index (χ0n) is 14.7. The Hall–Kier alpha value is -2.51. The zero-order valence-corrected chi connectivity index (χ0v) is 14.7. The van der Waals surface area contributed by atoms with Gasteiger partial charge in [-0.05, 0) is 49.1 Å². The molecule has 1 aliphatic heterocycles. The quantitative estimate of drug-likeness (QED) is 0.862. The minimum absolute atomic E-state index is 0.195. The molecular formula is C18H21F3N4O. The molecule has 5 nitrogen and oxygen atoms in total. The van der Waals surface area contributed by atoms with Crippen LogP contribution in [0.4, 0.5) is 24.9 Å². The topological polar surface area (TPSA) is 50.3 Å². The fourth-order valence-electron chi connectivity index (χ4n) is 2.84. The van der Waals surface area contributed by atoms with E-state index in [4.69, 9.17) is 0 Å². The number of nitrogens with one attached hydrogen (secondary N) is 1. The number of alkyl halides is 3. The Balaban J connectivity index is 1.77. The van der Waals surface area contributed by atoms with Gasteiger partial charge < -0.3 is 15.0 Å². The summed E-state index contributed by atoms with van der Waals surface area (Å²) in [5.41, 5.74) is 1.84. The lowest BCUT2D eigenvalue weighted by atomic mass is 9.99. The summed E-state index contributed by atoms with van der Waals surface area (Å²) in [4.78, 5) is 10.8. The van der Waals surface area contributed by atoms with Crippen molar-refractivity contribution in [1.29, 1.82) is 0 Å². The van der Waals surface area contributed by atoms with Crippen molar-refractivity contribution in [3.05, 3.63) is 41.6 Å². The molecule has 140 valence electrons. The molecule has 0 fully saturated rings. The first-order valence-electron chi connectivity index (χ1n) is 8.56. The van der Waals surface area contributed by atoms with Crippen LogP contribution in [-0.2, 0) is 13.0 Å². The lowest BCUT2D eigenvalue weighted by Crippen LogP contribution is -2.31. The fraction of sp³-hybridized carbons (Fsp3) is 0.444. The molecule has 0 bridgehead atoms. The number of aromatic nitrogens is 2. The van der Waals surface area contributed by atoms with Crippen molar-refractivity contribution in [2.75, 3.05) is 16.8 Å². The third-order valence-electron chi connectivity index (χ3n) is 4.38. The summed E-state index contributed by atoms with van der Waals surface area (Å²) >= 11 is 0. The summed E-state index contributed by atoms with van der Waals surface area (Å²) < 4.78 is 41.3. The molecule has 0 saturated heterocycles. The number of nitrogens with zero attached hydrogens (tertiary/aromatic N) is 3. The second kappa shape index (κ2) is 7.39. The largest absolute Gasteiger partial charge is 0.573 e. The molecule has 2 aromatic rings. The molecule has 3 rings (SSSR count). The number of fused-ring (bicyclic) bond motifs is 1. The molecule has 0 saturated carbocycles. The van der Waals surface area contributed by atoms with Crippen molar-refractivity contribution < 1.29 is 17.9 Å². The molecule has 0 radical (unpaired) electrons. The van der Waals surface area contributed by atoms with E-state index in [0.717, 1.165) is 36.3 Å². The first-order chi connectivity index (χ1) is 12.3. The van der Waals surface area contributed by atoms with E-state index in [1.54, 1.807) is 12.3 Å². The first-order valence-corrected chi connectivity index (χ1v) is 8.56. The van der Waals surface area contributed by atoms with E-state index in [1.807, 2.05) is 11.0 Å². The molecule has 0 amide bonds. The highest BCUT2D eigenvalue weighted by atomic mass is 19.4. The van der Waals surface area contributed by atoms with Crippen LogP contribution in [0.1, 0.15) is 31.4 Å². The van der Waals surface area contributed by atoms with Gasteiger partial charge in [-0.2, -0.15) is 4.98 Å². The average molecular weight is 366 g/mol. The minimum Gasteiger partial charge on any atom is -0.406 e. The second-order valence-electron chi connectivity index (χ2n) is 6.34. The molecular weight excluding hydrogens is 345 g/mol. The lowest BCUT2D eigenvalue weighted by molar-refractivity contribution is -0.274. The maximum absolute atomic E-state index is 12.4. The molecule has 1 N–H and O–H groups in total. The molecule has 1 aromatic heterocycles. The van der Waals surface area contributed by atoms with Crippen LogP contribution in [0.5, 0.6) is 5.75 Å².